The Hall–Kier alpha value is -3.98. The summed E-state index contributed by atoms with van der Waals surface area (Å²) in [7, 11) is 0. The quantitative estimate of drug-likeness (QED) is 0.298. The molecule has 0 spiro atoms. The molecule has 0 atom stereocenters. The van der Waals surface area contributed by atoms with Crippen LogP contribution in [-0.2, 0) is 5.75 Å². The number of nitrogens with zero attached hydrogens (tertiary/aromatic N) is 5. The Kier molecular flexibility index (Phi) is 6.33. The third-order valence-electron chi connectivity index (χ3n) is 5.43. The average Bonchev–Trinajstić information content (AvgIpc) is 3.27. The molecule has 7 nitrogen and oxygen atoms in total. The van der Waals surface area contributed by atoms with Gasteiger partial charge < -0.3 is 4.74 Å². The lowest BCUT2D eigenvalue weighted by Gasteiger charge is -2.12. The number of aromatic nitrogens is 5. The van der Waals surface area contributed by atoms with Crippen molar-refractivity contribution >= 4 is 17.4 Å². The maximum atomic E-state index is 14.9. The van der Waals surface area contributed by atoms with Gasteiger partial charge in [-0.1, -0.05) is 30.0 Å². The molecule has 0 fully saturated rings. The first-order valence-corrected chi connectivity index (χ1v) is 12.1. The molecule has 0 aliphatic heterocycles. The van der Waals surface area contributed by atoms with Gasteiger partial charge in [-0.3, -0.25) is 13.8 Å². The molecule has 5 aromatic rings. The van der Waals surface area contributed by atoms with Gasteiger partial charge in [0.1, 0.15) is 17.2 Å². The normalized spacial score (nSPS) is 11.2. The van der Waals surface area contributed by atoms with E-state index in [1.807, 2.05) is 50.2 Å². The number of fused-ring (bicyclic) bond motifs is 1. The van der Waals surface area contributed by atoms with E-state index >= 15 is 0 Å². The van der Waals surface area contributed by atoms with Crippen LogP contribution in [-0.4, -0.2) is 30.8 Å². The van der Waals surface area contributed by atoms with E-state index < -0.39 is 0 Å². The van der Waals surface area contributed by atoms with Crippen LogP contribution in [0.5, 0.6) is 5.75 Å². The SMILES string of the molecule is CCOc1ccc(-c2nnc(SCc3cc(=O)n4c(C)cccc4n3)n2-c2ccccc2F)cc1. The Morgan fingerprint density at radius 2 is 1.80 bits per heavy atom. The van der Waals surface area contributed by atoms with Gasteiger partial charge >= 0.3 is 0 Å². The lowest BCUT2D eigenvalue weighted by atomic mass is 10.2. The second kappa shape index (κ2) is 9.71. The molecule has 0 amide bonds. The number of pyridine rings is 1. The first-order chi connectivity index (χ1) is 17.0. The highest BCUT2D eigenvalue weighted by atomic mass is 32.2. The van der Waals surface area contributed by atoms with Crippen LogP contribution >= 0.6 is 11.8 Å². The topological polar surface area (TPSA) is 74.3 Å². The Labute approximate surface area is 205 Å². The summed E-state index contributed by atoms with van der Waals surface area (Å²) in [6, 6.07) is 21.0. The fourth-order valence-electron chi connectivity index (χ4n) is 3.84. The van der Waals surface area contributed by atoms with E-state index in [-0.39, 0.29) is 11.4 Å². The van der Waals surface area contributed by atoms with Crippen molar-refractivity contribution in [2.75, 3.05) is 6.61 Å². The van der Waals surface area contributed by atoms with Crippen molar-refractivity contribution in [3.63, 3.8) is 0 Å². The van der Waals surface area contributed by atoms with Crippen molar-refractivity contribution in [3.05, 3.63) is 100 Å². The van der Waals surface area contributed by atoms with Crippen LogP contribution in [0, 0.1) is 12.7 Å². The van der Waals surface area contributed by atoms with E-state index in [0.717, 1.165) is 17.0 Å². The van der Waals surface area contributed by atoms with Crippen molar-refractivity contribution in [2.45, 2.75) is 24.8 Å². The highest BCUT2D eigenvalue weighted by Gasteiger charge is 2.19. The maximum Gasteiger partial charge on any atom is 0.258 e. The smallest absolute Gasteiger partial charge is 0.258 e. The standard InChI is InChI=1S/C26H22FN5O2S/c1-3-34-20-13-11-18(12-14-20)25-29-30-26(32(25)22-9-5-4-8-21(22)27)35-16-19-15-24(33)31-17(2)7-6-10-23(31)28-19/h4-15H,3,16H2,1-2H3. The lowest BCUT2D eigenvalue weighted by Crippen LogP contribution is -2.17. The summed E-state index contributed by atoms with van der Waals surface area (Å²) in [5.41, 5.74) is 2.97. The number of hydrogen-bond acceptors (Lipinski definition) is 6. The van der Waals surface area contributed by atoms with Crippen molar-refractivity contribution in [2.24, 2.45) is 0 Å². The Morgan fingerprint density at radius 3 is 2.57 bits per heavy atom. The van der Waals surface area contributed by atoms with Crippen molar-refractivity contribution in [1.82, 2.24) is 24.1 Å². The molecule has 0 bridgehead atoms. The van der Waals surface area contributed by atoms with Gasteiger partial charge in [0.2, 0.25) is 0 Å². The zero-order chi connectivity index (χ0) is 24.4. The summed E-state index contributed by atoms with van der Waals surface area (Å²) in [6.45, 7) is 4.35. The molecule has 5 rings (SSSR count). The summed E-state index contributed by atoms with van der Waals surface area (Å²) in [6.07, 6.45) is 0. The molecule has 0 saturated heterocycles. The van der Waals surface area contributed by atoms with E-state index in [4.69, 9.17) is 4.74 Å². The molecule has 0 radical (unpaired) electrons. The van der Waals surface area contributed by atoms with Crippen LogP contribution in [0.2, 0.25) is 0 Å². The summed E-state index contributed by atoms with van der Waals surface area (Å²) in [4.78, 5) is 17.3. The van der Waals surface area contributed by atoms with Crippen LogP contribution < -0.4 is 10.3 Å². The van der Waals surface area contributed by atoms with Crippen molar-refractivity contribution in [1.29, 1.82) is 0 Å². The molecule has 35 heavy (non-hydrogen) atoms. The van der Waals surface area contributed by atoms with E-state index in [9.17, 15) is 9.18 Å². The average molecular weight is 488 g/mol. The predicted octanol–water partition coefficient (Wildman–Crippen LogP) is 5.08. The molecule has 0 saturated carbocycles. The summed E-state index contributed by atoms with van der Waals surface area (Å²) < 4.78 is 23.6. The van der Waals surface area contributed by atoms with Gasteiger partial charge in [0.05, 0.1) is 18.0 Å². The van der Waals surface area contributed by atoms with Crippen molar-refractivity contribution in [3.8, 4) is 22.8 Å². The number of rotatable bonds is 7. The number of halogens is 1. The van der Waals surface area contributed by atoms with Gasteiger partial charge in [-0.25, -0.2) is 9.37 Å². The number of hydrogen-bond donors (Lipinski definition) is 0. The maximum absolute atomic E-state index is 14.9. The number of ether oxygens (including phenoxy) is 1. The van der Waals surface area contributed by atoms with Gasteiger partial charge in [-0.15, -0.1) is 10.2 Å². The summed E-state index contributed by atoms with van der Waals surface area (Å²) in [5, 5.41) is 9.21. The number of para-hydroxylation sites is 1. The summed E-state index contributed by atoms with van der Waals surface area (Å²) >= 11 is 1.34. The van der Waals surface area contributed by atoms with Gasteiger partial charge in [0.15, 0.2) is 11.0 Å². The Bertz CT molecular complexity index is 1560. The van der Waals surface area contributed by atoms with Gasteiger partial charge in [-0.05, 0) is 62.4 Å². The van der Waals surface area contributed by atoms with Crippen LogP contribution in [0.25, 0.3) is 22.7 Å². The Balaban J connectivity index is 1.53. The second-order valence-electron chi connectivity index (χ2n) is 7.79. The molecular weight excluding hydrogens is 465 g/mol. The highest BCUT2D eigenvalue weighted by Crippen LogP contribution is 2.31. The van der Waals surface area contributed by atoms with E-state index in [1.165, 1.54) is 23.9 Å². The molecule has 9 heteroatoms. The lowest BCUT2D eigenvalue weighted by molar-refractivity contribution is 0.340. The zero-order valence-electron chi connectivity index (χ0n) is 19.2. The summed E-state index contributed by atoms with van der Waals surface area (Å²) in [5.74, 6) is 1.23. The van der Waals surface area contributed by atoms with E-state index in [1.54, 1.807) is 33.2 Å². The first kappa shape index (κ1) is 22.8. The van der Waals surface area contributed by atoms with Crippen LogP contribution in [0.15, 0.2) is 82.7 Å². The largest absolute Gasteiger partial charge is 0.494 e. The van der Waals surface area contributed by atoms with Gasteiger partial charge in [0, 0.05) is 23.1 Å². The molecule has 0 unspecified atom stereocenters. The third-order valence-corrected chi connectivity index (χ3v) is 6.40. The predicted molar refractivity (Wildman–Crippen MR) is 134 cm³/mol. The molecule has 3 aromatic heterocycles. The first-order valence-electron chi connectivity index (χ1n) is 11.1. The molecule has 2 aromatic carbocycles. The fraction of sp³-hybridized carbons (Fsp3) is 0.154. The van der Waals surface area contributed by atoms with Crippen molar-refractivity contribution < 1.29 is 9.13 Å². The minimum absolute atomic E-state index is 0.144. The van der Waals surface area contributed by atoms with E-state index in [0.29, 0.717) is 40.4 Å². The number of aryl methyl sites for hydroxylation is 1. The third kappa shape index (κ3) is 4.54. The number of benzene rings is 2. The Morgan fingerprint density at radius 1 is 1.00 bits per heavy atom. The monoisotopic (exact) mass is 487 g/mol. The van der Waals surface area contributed by atoms with Gasteiger partial charge in [-0.2, -0.15) is 0 Å². The van der Waals surface area contributed by atoms with E-state index in [2.05, 4.69) is 15.2 Å². The molecule has 0 aliphatic carbocycles. The molecule has 3 heterocycles. The minimum atomic E-state index is -0.390. The molecule has 0 aliphatic rings. The molecular formula is C26H22FN5O2S. The zero-order valence-corrected chi connectivity index (χ0v) is 20.0. The molecule has 0 N–H and O–H groups in total. The molecule has 176 valence electrons. The second-order valence-corrected chi connectivity index (χ2v) is 8.73. The van der Waals surface area contributed by atoms with Crippen LogP contribution in [0.1, 0.15) is 18.3 Å². The number of thioether (sulfide) groups is 1. The van der Waals surface area contributed by atoms with Crippen LogP contribution in [0.3, 0.4) is 0 Å². The minimum Gasteiger partial charge on any atom is -0.494 e. The van der Waals surface area contributed by atoms with Crippen LogP contribution in [0.4, 0.5) is 4.39 Å². The highest BCUT2D eigenvalue weighted by molar-refractivity contribution is 7.98. The van der Waals surface area contributed by atoms with Gasteiger partial charge in [0.25, 0.3) is 5.56 Å². The fourth-order valence-corrected chi connectivity index (χ4v) is 4.68.